The minimum absolute atomic E-state index is 0.776. The molecule has 11 heteroatoms. The summed E-state index contributed by atoms with van der Waals surface area (Å²) >= 11 is 0. The zero-order valence-electron chi connectivity index (χ0n) is 15.4. The van der Waals surface area contributed by atoms with E-state index in [1.807, 2.05) is 24.3 Å². The lowest BCUT2D eigenvalue weighted by atomic mass is 10.3. The Balaban J connectivity index is 0.000000298. The predicted molar refractivity (Wildman–Crippen MR) is 94.7 cm³/mol. The molecule has 8 nitrogen and oxygen atoms in total. The molecule has 0 radical (unpaired) electrons. The van der Waals surface area contributed by atoms with Crippen molar-refractivity contribution in [2.75, 3.05) is 6.54 Å². The van der Waals surface area contributed by atoms with Crippen molar-refractivity contribution in [2.24, 2.45) is 0 Å². The van der Waals surface area contributed by atoms with E-state index in [2.05, 4.69) is 36.6 Å². The van der Waals surface area contributed by atoms with Crippen LogP contribution in [0.3, 0.4) is 0 Å². The van der Waals surface area contributed by atoms with E-state index >= 15 is 0 Å². The first-order valence-corrected chi connectivity index (χ1v) is 8.89. The smallest absolute Gasteiger partial charge is 0.475 e. The van der Waals surface area contributed by atoms with Crippen LogP contribution in [-0.2, 0) is 31.0 Å². The molecular weight excluding hydrogens is 391 g/mol. The van der Waals surface area contributed by atoms with Gasteiger partial charge in [-0.3, -0.25) is 4.90 Å². The van der Waals surface area contributed by atoms with Gasteiger partial charge in [0.15, 0.2) is 5.82 Å². The van der Waals surface area contributed by atoms with Gasteiger partial charge >= 0.3 is 12.1 Å². The molecule has 4 heterocycles. The van der Waals surface area contributed by atoms with Crippen LogP contribution < -0.4 is 0 Å². The summed E-state index contributed by atoms with van der Waals surface area (Å²) in [5.41, 5.74) is 0. The third kappa shape index (κ3) is 5.70. The van der Waals surface area contributed by atoms with Gasteiger partial charge in [0.05, 0.1) is 25.9 Å². The SMILES string of the molecule is O=C(O)C(F)(F)F.c1coc(CN2CCCn3c(nnc3Cn3cccc3)C2)c1. The molecule has 0 amide bonds. The van der Waals surface area contributed by atoms with Crippen molar-refractivity contribution >= 4 is 5.97 Å². The van der Waals surface area contributed by atoms with E-state index in [0.717, 1.165) is 56.6 Å². The largest absolute Gasteiger partial charge is 0.490 e. The van der Waals surface area contributed by atoms with E-state index < -0.39 is 12.1 Å². The normalized spacial score (nSPS) is 14.6. The molecule has 0 unspecified atom stereocenters. The van der Waals surface area contributed by atoms with Crippen LogP contribution in [0.4, 0.5) is 13.2 Å². The Morgan fingerprint density at radius 3 is 2.48 bits per heavy atom. The molecule has 0 aromatic carbocycles. The monoisotopic (exact) mass is 411 g/mol. The van der Waals surface area contributed by atoms with Gasteiger partial charge in [0.1, 0.15) is 11.6 Å². The summed E-state index contributed by atoms with van der Waals surface area (Å²) in [6.07, 6.45) is 1.86. The number of aromatic nitrogens is 4. The maximum atomic E-state index is 10.6. The number of rotatable bonds is 4. The Morgan fingerprint density at radius 1 is 1.14 bits per heavy atom. The first-order chi connectivity index (χ1) is 13.8. The van der Waals surface area contributed by atoms with Gasteiger partial charge in [-0.05, 0) is 30.7 Å². The summed E-state index contributed by atoms with van der Waals surface area (Å²) in [7, 11) is 0. The van der Waals surface area contributed by atoms with Gasteiger partial charge in [0, 0.05) is 25.5 Å². The van der Waals surface area contributed by atoms with Crippen LogP contribution in [0.15, 0.2) is 47.3 Å². The first kappa shape index (κ1) is 20.6. The molecule has 1 N–H and O–H groups in total. The number of nitrogens with zero attached hydrogens (tertiary/aromatic N) is 5. The maximum Gasteiger partial charge on any atom is 0.490 e. The maximum absolute atomic E-state index is 10.6. The van der Waals surface area contributed by atoms with Crippen molar-refractivity contribution in [1.29, 1.82) is 0 Å². The third-order valence-corrected chi connectivity index (χ3v) is 4.32. The Labute approximate surface area is 164 Å². The van der Waals surface area contributed by atoms with Crippen LogP contribution in [0.5, 0.6) is 0 Å². The molecule has 0 saturated heterocycles. The van der Waals surface area contributed by atoms with Gasteiger partial charge in [-0.25, -0.2) is 4.79 Å². The van der Waals surface area contributed by atoms with Crippen LogP contribution in [0, 0.1) is 0 Å². The fraction of sp³-hybridized carbons (Fsp3) is 0.389. The lowest BCUT2D eigenvalue weighted by Gasteiger charge is -2.16. The number of aliphatic carboxylic acids is 1. The molecule has 0 atom stereocenters. The fourth-order valence-corrected chi connectivity index (χ4v) is 2.99. The number of alkyl halides is 3. The molecule has 0 saturated carbocycles. The summed E-state index contributed by atoms with van der Waals surface area (Å²) in [6.45, 7) is 4.45. The van der Waals surface area contributed by atoms with Gasteiger partial charge in [-0.15, -0.1) is 10.2 Å². The van der Waals surface area contributed by atoms with Crippen LogP contribution >= 0.6 is 0 Å². The Morgan fingerprint density at radius 2 is 1.86 bits per heavy atom. The number of halogens is 3. The summed E-state index contributed by atoms with van der Waals surface area (Å²) < 4.78 is 41.6. The second kappa shape index (κ2) is 8.95. The molecule has 0 bridgehead atoms. The molecule has 3 aromatic heterocycles. The summed E-state index contributed by atoms with van der Waals surface area (Å²) in [6, 6.07) is 8.02. The average molecular weight is 411 g/mol. The molecule has 0 fully saturated rings. The van der Waals surface area contributed by atoms with Gasteiger partial charge in [-0.2, -0.15) is 13.2 Å². The van der Waals surface area contributed by atoms with Crippen molar-refractivity contribution in [2.45, 2.75) is 38.8 Å². The number of fused-ring (bicyclic) bond motifs is 1. The van der Waals surface area contributed by atoms with Crippen molar-refractivity contribution in [3.05, 3.63) is 60.3 Å². The minimum atomic E-state index is -5.08. The lowest BCUT2D eigenvalue weighted by molar-refractivity contribution is -0.192. The Kier molecular flexibility index (Phi) is 6.37. The molecule has 1 aliphatic rings. The van der Waals surface area contributed by atoms with E-state index in [0.29, 0.717) is 0 Å². The van der Waals surface area contributed by atoms with Crippen molar-refractivity contribution in [1.82, 2.24) is 24.2 Å². The van der Waals surface area contributed by atoms with Crippen LogP contribution in [0.25, 0.3) is 0 Å². The first-order valence-electron chi connectivity index (χ1n) is 8.89. The number of carboxylic acids is 1. The number of hydrogen-bond donors (Lipinski definition) is 1. The highest BCUT2D eigenvalue weighted by molar-refractivity contribution is 5.73. The minimum Gasteiger partial charge on any atom is -0.475 e. The fourth-order valence-electron chi connectivity index (χ4n) is 2.99. The van der Waals surface area contributed by atoms with E-state index in [1.54, 1.807) is 6.26 Å². The van der Waals surface area contributed by atoms with Crippen LogP contribution in [0.2, 0.25) is 0 Å². The van der Waals surface area contributed by atoms with E-state index in [9.17, 15) is 13.2 Å². The van der Waals surface area contributed by atoms with Gasteiger partial charge in [-0.1, -0.05) is 0 Å². The second-order valence-corrected chi connectivity index (χ2v) is 6.49. The molecule has 0 spiro atoms. The van der Waals surface area contributed by atoms with Crippen LogP contribution in [-0.4, -0.2) is 48.0 Å². The predicted octanol–water partition coefficient (Wildman–Crippen LogP) is 2.76. The summed E-state index contributed by atoms with van der Waals surface area (Å²) in [4.78, 5) is 11.3. The van der Waals surface area contributed by atoms with Gasteiger partial charge in [0.25, 0.3) is 0 Å². The van der Waals surface area contributed by atoms with Crippen molar-refractivity contribution in [3.63, 3.8) is 0 Å². The van der Waals surface area contributed by atoms with Crippen molar-refractivity contribution in [3.8, 4) is 0 Å². The van der Waals surface area contributed by atoms with E-state index in [1.165, 1.54) is 0 Å². The highest BCUT2D eigenvalue weighted by Crippen LogP contribution is 2.16. The summed E-state index contributed by atoms with van der Waals surface area (Å²) in [5, 5.41) is 15.9. The zero-order chi connectivity index (χ0) is 20.9. The van der Waals surface area contributed by atoms with Gasteiger partial charge < -0.3 is 18.7 Å². The number of carbonyl (C=O) groups is 1. The number of carboxylic acid groups (broad SMARTS) is 1. The Hall–Kier alpha value is -3.08. The number of hydrogen-bond acceptors (Lipinski definition) is 5. The quantitative estimate of drug-likeness (QED) is 0.710. The molecule has 4 rings (SSSR count). The van der Waals surface area contributed by atoms with E-state index in [-0.39, 0.29) is 0 Å². The summed E-state index contributed by atoms with van der Waals surface area (Å²) in [5.74, 6) is 0.324. The second-order valence-electron chi connectivity index (χ2n) is 6.49. The standard InChI is InChI=1S/C16H19N5O.C2HF3O2/c1-2-7-19(6-1)12-15-17-18-16-13-20(8-4-9-21(15)16)11-14-5-3-10-22-14;3-2(4,5)1(6)7/h1-3,5-7,10H,4,8-9,11-13H2;(H,6,7). The molecule has 0 aliphatic carbocycles. The van der Waals surface area contributed by atoms with E-state index in [4.69, 9.17) is 14.3 Å². The highest BCUT2D eigenvalue weighted by atomic mass is 19.4. The zero-order valence-corrected chi connectivity index (χ0v) is 15.4. The lowest BCUT2D eigenvalue weighted by Crippen LogP contribution is -2.22. The Bertz CT molecular complexity index is 904. The highest BCUT2D eigenvalue weighted by Gasteiger charge is 2.38. The topological polar surface area (TPSA) is 89.3 Å². The molecule has 29 heavy (non-hydrogen) atoms. The molecule has 3 aromatic rings. The number of furan rings is 1. The van der Waals surface area contributed by atoms with Gasteiger partial charge in [0.2, 0.25) is 0 Å². The van der Waals surface area contributed by atoms with Crippen molar-refractivity contribution < 1.29 is 27.5 Å². The van der Waals surface area contributed by atoms with Crippen LogP contribution in [0.1, 0.15) is 23.8 Å². The molecule has 156 valence electrons. The molecular formula is C18H20F3N5O3. The average Bonchev–Trinajstić information content (AvgIpc) is 3.38. The molecule has 1 aliphatic heterocycles. The third-order valence-electron chi connectivity index (χ3n) is 4.32.